The quantitative estimate of drug-likeness (QED) is 0.536. The summed E-state index contributed by atoms with van der Waals surface area (Å²) in [6.07, 6.45) is 2.18. The fourth-order valence-electron chi connectivity index (χ4n) is 1.11. The minimum Gasteiger partial charge on any atom is -0.356 e. The highest BCUT2D eigenvalue weighted by Gasteiger charge is 2.31. The summed E-state index contributed by atoms with van der Waals surface area (Å²) in [4.78, 5) is 0. The fourth-order valence-corrected chi connectivity index (χ4v) is 1.11. The van der Waals surface area contributed by atoms with Gasteiger partial charge in [0.25, 0.3) is 0 Å². The summed E-state index contributed by atoms with van der Waals surface area (Å²) in [5.74, 6) is 0. The summed E-state index contributed by atoms with van der Waals surface area (Å²) in [7, 11) is 1.69. The average Bonchev–Trinajstić information content (AvgIpc) is 2.10. The van der Waals surface area contributed by atoms with Crippen molar-refractivity contribution >= 4 is 0 Å². The Bertz CT molecular complexity index is 99.1. The van der Waals surface area contributed by atoms with Crippen molar-refractivity contribution in [3.05, 3.63) is 0 Å². The lowest BCUT2D eigenvalue weighted by atomic mass is 10.1. The first-order valence-electron chi connectivity index (χ1n) is 3.35. The lowest BCUT2D eigenvalue weighted by Gasteiger charge is -2.17. The molecule has 1 aliphatic rings. The first-order chi connectivity index (χ1) is 4.14. The molecule has 1 atom stereocenters. The Labute approximate surface area is 56.2 Å². The van der Waals surface area contributed by atoms with Gasteiger partial charge in [0, 0.05) is 13.5 Å². The van der Waals surface area contributed by atoms with Crippen LogP contribution in [0.3, 0.4) is 0 Å². The molecule has 0 aromatic rings. The van der Waals surface area contributed by atoms with Gasteiger partial charge in [0.1, 0.15) is 0 Å². The predicted molar refractivity (Wildman–Crippen MR) is 35.2 cm³/mol. The Morgan fingerprint density at radius 3 is 2.44 bits per heavy atom. The van der Waals surface area contributed by atoms with E-state index in [9.17, 15) is 0 Å². The molecule has 0 aromatic carbocycles. The van der Waals surface area contributed by atoms with Crippen LogP contribution in [0, 0.1) is 0 Å². The number of ether oxygens (including phenoxy) is 2. The van der Waals surface area contributed by atoms with E-state index in [-0.39, 0.29) is 11.9 Å². The van der Waals surface area contributed by atoms with Crippen molar-refractivity contribution in [1.82, 2.24) is 0 Å². The van der Waals surface area contributed by atoms with Crippen molar-refractivity contribution in [2.24, 2.45) is 0 Å². The number of hydrogen-bond donors (Lipinski definition) is 0. The molecule has 0 aromatic heterocycles. The maximum atomic E-state index is 5.48. The predicted octanol–water partition coefficient (Wildman–Crippen LogP) is 1.55. The molecule has 0 saturated carbocycles. The highest BCUT2D eigenvalue weighted by molar-refractivity contribution is 4.76. The summed E-state index contributed by atoms with van der Waals surface area (Å²) in [5.41, 5.74) is 0.0423. The fraction of sp³-hybridized carbons (Fsp3) is 1.00. The zero-order valence-corrected chi connectivity index (χ0v) is 6.31. The second kappa shape index (κ2) is 2.27. The van der Waals surface area contributed by atoms with Crippen molar-refractivity contribution < 1.29 is 9.47 Å². The van der Waals surface area contributed by atoms with Gasteiger partial charge in [0.15, 0.2) is 6.29 Å². The molecule has 2 heteroatoms. The molecule has 2 nitrogen and oxygen atoms in total. The van der Waals surface area contributed by atoms with Crippen LogP contribution in [0.15, 0.2) is 0 Å². The van der Waals surface area contributed by atoms with Crippen LogP contribution in [-0.2, 0) is 9.47 Å². The van der Waals surface area contributed by atoms with Crippen LogP contribution in [0.2, 0.25) is 0 Å². The molecule has 54 valence electrons. The maximum absolute atomic E-state index is 5.48. The van der Waals surface area contributed by atoms with Gasteiger partial charge in [-0.3, -0.25) is 0 Å². The molecule has 1 saturated heterocycles. The molecule has 1 rings (SSSR count). The molecule has 1 heterocycles. The summed E-state index contributed by atoms with van der Waals surface area (Å²) in [5, 5.41) is 0. The van der Waals surface area contributed by atoms with Gasteiger partial charge < -0.3 is 9.47 Å². The Hall–Kier alpha value is -0.0800. The molecule has 0 bridgehead atoms. The van der Waals surface area contributed by atoms with Crippen LogP contribution >= 0.6 is 0 Å². The molecule has 0 N–H and O–H groups in total. The third-order valence-electron chi connectivity index (χ3n) is 1.70. The molecule has 0 unspecified atom stereocenters. The molecule has 1 fully saturated rings. The van der Waals surface area contributed by atoms with E-state index in [1.165, 1.54) is 0 Å². The summed E-state index contributed by atoms with van der Waals surface area (Å²) in [6.45, 7) is 4.18. The molecule has 0 radical (unpaired) electrons. The van der Waals surface area contributed by atoms with Crippen LogP contribution < -0.4 is 0 Å². The monoisotopic (exact) mass is 130 g/mol. The van der Waals surface area contributed by atoms with Crippen molar-refractivity contribution in [3.63, 3.8) is 0 Å². The Kier molecular flexibility index (Phi) is 1.78. The Morgan fingerprint density at radius 2 is 2.22 bits per heavy atom. The van der Waals surface area contributed by atoms with Crippen LogP contribution in [0.5, 0.6) is 0 Å². The molecule has 0 amide bonds. The van der Waals surface area contributed by atoms with Crippen LogP contribution in [-0.4, -0.2) is 19.0 Å². The zero-order chi connectivity index (χ0) is 6.91. The molecule has 9 heavy (non-hydrogen) atoms. The second-order valence-corrected chi connectivity index (χ2v) is 3.08. The molecule has 0 spiro atoms. The van der Waals surface area contributed by atoms with Gasteiger partial charge in [-0.25, -0.2) is 0 Å². The van der Waals surface area contributed by atoms with Gasteiger partial charge >= 0.3 is 0 Å². The SMILES string of the molecule is CO[C@@H]1CCC(C)(C)O1. The maximum Gasteiger partial charge on any atom is 0.158 e. The normalized spacial score (nSPS) is 33.0. The van der Waals surface area contributed by atoms with E-state index in [4.69, 9.17) is 9.47 Å². The number of hydrogen-bond acceptors (Lipinski definition) is 2. The smallest absolute Gasteiger partial charge is 0.158 e. The third-order valence-corrected chi connectivity index (χ3v) is 1.70. The second-order valence-electron chi connectivity index (χ2n) is 3.08. The molecular formula is C7H14O2. The van der Waals surface area contributed by atoms with E-state index >= 15 is 0 Å². The van der Waals surface area contributed by atoms with Gasteiger partial charge in [-0.2, -0.15) is 0 Å². The largest absolute Gasteiger partial charge is 0.356 e. The lowest BCUT2D eigenvalue weighted by molar-refractivity contribution is -0.142. The van der Waals surface area contributed by atoms with Gasteiger partial charge in [0.05, 0.1) is 5.60 Å². The zero-order valence-electron chi connectivity index (χ0n) is 6.31. The standard InChI is InChI=1S/C7H14O2/c1-7(2)5-4-6(8-3)9-7/h6H,4-5H2,1-3H3/t6-/m0/s1. The van der Waals surface area contributed by atoms with Gasteiger partial charge in [-0.05, 0) is 20.3 Å². The first kappa shape index (κ1) is 7.03. The first-order valence-corrected chi connectivity index (χ1v) is 3.35. The van der Waals surface area contributed by atoms with Crippen LogP contribution in [0.4, 0.5) is 0 Å². The van der Waals surface area contributed by atoms with Crippen molar-refractivity contribution in [3.8, 4) is 0 Å². The summed E-state index contributed by atoms with van der Waals surface area (Å²) >= 11 is 0. The van der Waals surface area contributed by atoms with E-state index in [2.05, 4.69) is 13.8 Å². The van der Waals surface area contributed by atoms with E-state index in [1.54, 1.807) is 7.11 Å². The molecular weight excluding hydrogens is 116 g/mol. The third kappa shape index (κ3) is 1.66. The topological polar surface area (TPSA) is 18.5 Å². The minimum absolute atomic E-state index is 0.0417. The summed E-state index contributed by atoms with van der Waals surface area (Å²) < 4.78 is 10.5. The molecule has 0 aliphatic carbocycles. The van der Waals surface area contributed by atoms with E-state index in [0.717, 1.165) is 12.8 Å². The summed E-state index contributed by atoms with van der Waals surface area (Å²) in [6, 6.07) is 0. The van der Waals surface area contributed by atoms with Crippen molar-refractivity contribution in [2.45, 2.75) is 38.6 Å². The van der Waals surface area contributed by atoms with E-state index in [0.29, 0.717) is 0 Å². The highest BCUT2D eigenvalue weighted by atomic mass is 16.7. The van der Waals surface area contributed by atoms with Gasteiger partial charge in [0.2, 0.25) is 0 Å². The van der Waals surface area contributed by atoms with E-state index < -0.39 is 0 Å². The van der Waals surface area contributed by atoms with Crippen molar-refractivity contribution in [1.29, 1.82) is 0 Å². The number of rotatable bonds is 1. The van der Waals surface area contributed by atoms with Crippen LogP contribution in [0.1, 0.15) is 26.7 Å². The van der Waals surface area contributed by atoms with Gasteiger partial charge in [-0.15, -0.1) is 0 Å². The van der Waals surface area contributed by atoms with E-state index in [1.807, 2.05) is 0 Å². The van der Waals surface area contributed by atoms with Gasteiger partial charge in [-0.1, -0.05) is 0 Å². The lowest BCUT2D eigenvalue weighted by Crippen LogP contribution is -2.20. The van der Waals surface area contributed by atoms with Crippen LogP contribution in [0.25, 0.3) is 0 Å². The number of methoxy groups -OCH3 is 1. The Morgan fingerprint density at radius 1 is 1.56 bits per heavy atom. The highest BCUT2D eigenvalue weighted by Crippen LogP contribution is 2.29. The Balaban J connectivity index is 2.38. The molecule has 1 aliphatic heterocycles. The minimum atomic E-state index is 0.0417. The average molecular weight is 130 g/mol. The van der Waals surface area contributed by atoms with Crippen molar-refractivity contribution in [2.75, 3.05) is 7.11 Å².